The molecule has 1 aliphatic heterocycles. The number of anilines is 1. The summed E-state index contributed by atoms with van der Waals surface area (Å²) in [6, 6.07) is 4.25. The second-order valence-electron chi connectivity index (χ2n) is 9.55. The molecule has 35 heavy (non-hydrogen) atoms. The lowest BCUT2D eigenvalue weighted by Crippen LogP contribution is -2.48. The van der Waals surface area contributed by atoms with Gasteiger partial charge in [-0.1, -0.05) is 26.2 Å². The van der Waals surface area contributed by atoms with E-state index >= 15 is 0 Å². The minimum Gasteiger partial charge on any atom is -0.465 e. The molecule has 1 saturated heterocycles. The van der Waals surface area contributed by atoms with Crippen LogP contribution in [0.3, 0.4) is 0 Å². The van der Waals surface area contributed by atoms with E-state index in [1.165, 1.54) is 39.0 Å². The van der Waals surface area contributed by atoms with Gasteiger partial charge < -0.3 is 15.2 Å². The van der Waals surface area contributed by atoms with E-state index in [1.54, 1.807) is 6.07 Å². The number of rotatable bonds is 11. The molecule has 1 saturated carbocycles. The van der Waals surface area contributed by atoms with Crippen LogP contribution in [-0.4, -0.2) is 91.7 Å². The first-order valence-corrected chi connectivity index (χ1v) is 13.7. The number of carbonyl (C=O) groups excluding carboxylic acids is 2. The number of benzene rings is 1. The van der Waals surface area contributed by atoms with Gasteiger partial charge in [0.2, 0.25) is 0 Å². The largest absolute Gasteiger partial charge is 0.465 e. The Hall–Kier alpha value is -1.68. The Labute approximate surface area is 218 Å². The van der Waals surface area contributed by atoms with Crippen molar-refractivity contribution in [2.45, 2.75) is 58.5 Å². The van der Waals surface area contributed by atoms with E-state index < -0.39 is 0 Å². The van der Waals surface area contributed by atoms with Crippen LogP contribution in [0.1, 0.15) is 61.9 Å². The fourth-order valence-corrected chi connectivity index (χ4v) is 5.49. The summed E-state index contributed by atoms with van der Waals surface area (Å²) in [5.41, 5.74) is 8.59. The molecular weight excluding hydrogens is 512 g/mol. The molecule has 0 amide bonds. The lowest BCUT2D eigenvalue weighted by atomic mass is 9.93. The summed E-state index contributed by atoms with van der Waals surface area (Å²) < 4.78 is 11.4. The zero-order chi connectivity index (χ0) is 25.2. The number of nitrogens with two attached hydrogens (primary N) is 1. The Morgan fingerprint density at radius 3 is 2.20 bits per heavy atom. The normalized spacial score (nSPS) is 18.1. The fourth-order valence-electron chi connectivity index (χ4n) is 4.99. The van der Waals surface area contributed by atoms with Gasteiger partial charge in [-0.2, -0.15) is 0 Å². The summed E-state index contributed by atoms with van der Waals surface area (Å²) in [5.74, 6) is -0.551. The first-order chi connectivity index (χ1) is 16.9. The number of nitrogen functional groups attached to an aromatic ring is 1. The average molecular weight is 554 g/mol. The Balaban J connectivity index is 1.47. The summed E-state index contributed by atoms with van der Waals surface area (Å²) in [6.07, 6.45) is 6.37. The number of esters is 2. The molecule has 9 heteroatoms. The summed E-state index contributed by atoms with van der Waals surface area (Å²) in [5, 5.41) is 0. The SMILES string of the molecule is CCN(Cc1cc(C(=O)OCCN2CCN(CCOC(C)=O)CC2)cc(Br)c1N)C1CCCCC1. The van der Waals surface area contributed by atoms with Crippen LogP contribution < -0.4 is 5.73 Å². The fraction of sp³-hybridized carbons (Fsp3) is 0.692. The molecule has 1 aromatic rings. The zero-order valence-electron chi connectivity index (χ0n) is 21.3. The number of hydrogen-bond acceptors (Lipinski definition) is 8. The van der Waals surface area contributed by atoms with Gasteiger partial charge in [-0.25, -0.2) is 4.79 Å². The van der Waals surface area contributed by atoms with E-state index in [-0.39, 0.29) is 11.9 Å². The van der Waals surface area contributed by atoms with Crippen LogP contribution in [0, 0.1) is 0 Å². The van der Waals surface area contributed by atoms with Crippen LogP contribution >= 0.6 is 15.9 Å². The average Bonchev–Trinajstić information content (AvgIpc) is 2.86. The summed E-state index contributed by atoms with van der Waals surface area (Å²) in [6.45, 7) is 11.2. The maximum Gasteiger partial charge on any atom is 0.338 e. The van der Waals surface area contributed by atoms with Gasteiger partial charge in [0, 0.05) is 63.3 Å². The topological polar surface area (TPSA) is 88.3 Å². The first-order valence-electron chi connectivity index (χ1n) is 12.9. The molecule has 0 unspecified atom stereocenters. The standard InChI is InChI=1S/C26H41BrN4O4/c1-3-31(23-7-5-4-6-8-23)19-22-17-21(18-24(27)25(22)28)26(33)35-16-14-30-11-9-29(10-12-30)13-15-34-20(2)32/h17-18,23H,3-16,19,28H2,1-2H3. The van der Waals surface area contributed by atoms with Crippen molar-refractivity contribution >= 4 is 33.6 Å². The second-order valence-corrected chi connectivity index (χ2v) is 10.4. The number of carbonyl (C=O) groups is 2. The summed E-state index contributed by atoms with van der Waals surface area (Å²) >= 11 is 3.54. The molecular formula is C26H41BrN4O4. The molecule has 0 spiro atoms. The molecule has 2 N–H and O–H groups in total. The van der Waals surface area contributed by atoms with Crippen LogP contribution in [-0.2, 0) is 20.8 Å². The van der Waals surface area contributed by atoms with Crippen molar-refractivity contribution in [3.05, 3.63) is 27.7 Å². The predicted molar refractivity (Wildman–Crippen MR) is 141 cm³/mol. The van der Waals surface area contributed by atoms with E-state index in [1.807, 2.05) is 6.07 Å². The highest BCUT2D eigenvalue weighted by Crippen LogP contribution is 2.30. The smallest absolute Gasteiger partial charge is 0.338 e. The molecule has 0 aromatic heterocycles. The minimum absolute atomic E-state index is 0.238. The third-order valence-corrected chi connectivity index (χ3v) is 7.80. The molecule has 0 atom stereocenters. The summed E-state index contributed by atoms with van der Waals surface area (Å²) in [7, 11) is 0. The van der Waals surface area contributed by atoms with Crippen molar-refractivity contribution in [1.29, 1.82) is 0 Å². The van der Waals surface area contributed by atoms with Crippen molar-refractivity contribution in [1.82, 2.24) is 14.7 Å². The Morgan fingerprint density at radius 1 is 1.03 bits per heavy atom. The van der Waals surface area contributed by atoms with Crippen LogP contribution in [0.2, 0.25) is 0 Å². The summed E-state index contributed by atoms with van der Waals surface area (Å²) in [4.78, 5) is 30.8. The maximum atomic E-state index is 12.8. The van der Waals surface area contributed by atoms with Gasteiger partial charge in [-0.3, -0.25) is 19.5 Å². The maximum absolute atomic E-state index is 12.8. The van der Waals surface area contributed by atoms with Gasteiger partial charge >= 0.3 is 11.9 Å². The molecule has 196 valence electrons. The lowest BCUT2D eigenvalue weighted by molar-refractivity contribution is -0.141. The molecule has 2 aliphatic rings. The van der Waals surface area contributed by atoms with Crippen molar-refractivity contribution in [3.63, 3.8) is 0 Å². The lowest BCUT2D eigenvalue weighted by Gasteiger charge is -2.34. The van der Waals surface area contributed by atoms with Crippen molar-refractivity contribution in [2.24, 2.45) is 0 Å². The number of nitrogens with zero attached hydrogens (tertiary/aromatic N) is 3. The molecule has 2 fully saturated rings. The number of piperazine rings is 1. The van der Waals surface area contributed by atoms with Gasteiger partial charge in [0.05, 0.1) is 11.3 Å². The monoisotopic (exact) mass is 552 g/mol. The number of ether oxygens (including phenoxy) is 2. The van der Waals surface area contributed by atoms with Crippen LogP contribution in [0.4, 0.5) is 5.69 Å². The van der Waals surface area contributed by atoms with Gasteiger partial charge in [-0.15, -0.1) is 0 Å². The predicted octanol–water partition coefficient (Wildman–Crippen LogP) is 3.52. The van der Waals surface area contributed by atoms with Gasteiger partial charge in [-0.05, 0) is 53.0 Å². The van der Waals surface area contributed by atoms with Gasteiger partial charge in [0.15, 0.2) is 0 Å². The molecule has 1 aromatic carbocycles. The van der Waals surface area contributed by atoms with E-state index in [0.717, 1.165) is 55.8 Å². The highest BCUT2D eigenvalue weighted by Gasteiger charge is 2.22. The third-order valence-electron chi connectivity index (χ3n) is 7.14. The second kappa shape index (κ2) is 14.2. The third kappa shape index (κ3) is 8.74. The quantitative estimate of drug-likeness (QED) is 0.329. The Kier molecular flexibility index (Phi) is 11.3. The molecule has 1 heterocycles. The molecule has 1 aliphatic carbocycles. The van der Waals surface area contributed by atoms with E-state index in [4.69, 9.17) is 15.2 Å². The Bertz CT molecular complexity index is 839. The first kappa shape index (κ1) is 27.9. The minimum atomic E-state index is -0.312. The number of halogens is 1. The van der Waals surface area contributed by atoms with Crippen molar-refractivity contribution in [2.75, 3.05) is 64.8 Å². The van der Waals surface area contributed by atoms with Crippen LogP contribution in [0.5, 0.6) is 0 Å². The number of hydrogen-bond donors (Lipinski definition) is 1. The van der Waals surface area contributed by atoms with E-state index in [9.17, 15) is 9.59 Å². The molecule has 0 radical (unpaired) electrons. The highest BCUT2D eigenvalue weighted by molar-refractivity contribution is 9.10. The van der Waals surface area contributed by atoms with Gasteiger partial charge in [0.25, 0.3) is 0 Å². The van der Waals surface area contributed by atoms with Crippen LogP contribution in [0.25, 0.3) is 0 Å². The van der Waals surface area contributed by atoms with Crippen molar-refractivity contribution in [3.8, 4) is 0 Å². The highest BCUT2D eigenvalue weighted by atomic mass is 79.9. The Morgan fingerprint density at radius 2 is 1.63 bits per heavy atom. The zero-order valence-corrected chi connectivity index (χ0v) is 22.9. The van der Waals surface area contributed by atoms with Gasteiger partial charge in [0.1, 0.15) is 13.2 Å². The van der Waals surface area contributed by atoms with E-state index in [2.05, 4.69) is 37.6 Å². The molecule has 8 nitrogen and oxygen atoms in total. The molecule has 0 bridgehead atoms. The molecule has 3 rings (SSSR count). The van der Waals surface area contributed by atoms with Crippen molar-refractivity contribution < 1.29 is 19.1 Å². The van der Waals surface area contributed by atoms with Crippen LogP contribution in [0.15, 0.2) is 16.6 Å². The van der Waals surface area contributed by atoms with E-state index in [0.29, 0.717) is 37.1 Å².